The summed E-state index contributed by atoms with van der Waals surface area (Å²) in [6, 6.07) is 9.64. The van der Waals surface area contributed by atoms with Crippen LogP contribution in [0.3, 0.4) is 0 Å². The number of ether oxygens (including phenoxy) is 1. The Morgan fingerprint density at radius 3 is 2.45 bits per heavy atom. The summed E-state index contributed by atoms with van der Waals surface area (Å²) in [4.78, 5) is 36.3. The lowest BCUT2D eigenvalue weighted by Crippen LogP contribution is -2.35. The molecule has 2 atom stereocenters. The number of pyridine rings is 2. The number of benzene rings is 1. The molecule has 4 heterocycles. The molecular formula is C31H34FN5O3. The van der Waals surface area contributed by atoms with E-state index in [1.165, 1.54) is 4.90 Å². The van der Waals surface area contributed by atoms with Crippen LogP contribution in [0.5, 0.6) is 0 Å². The Balaban J connectivity index is 1.53. The molecule has 3 aromatic heterocycles. The first-order chi connectivity index (χ1) is 18.9. The minimum absolute atomic E-state index is 0.0587. The van der Waals surface area contributed by atoms with Crippen LogP contribution >= 0.6 is 0 Å². The van der Waals surface area contributed by atoms with Crippen LogP contribution in [0.4, 0.5) is 9.18 Å². The molecule has 0 unspecified atom stereocenters. The van der Waals surface area contributed by atoms with Crippen LogP contribution in [-0.4, -0.2) is 61.4 Å². The maximum atomic E-state index is 15.0. The third kappa shape index (κ3) is 5.33. The molecule has 8 nitrogen and oxygen atoms in total. The van der Waals surface area contributed by atoms with Crippen molar-refractivity contribution in [2.45, 2.75) is 52.8 Å². The largest absolute Gasteiger partial charge is 0.444 e. The number of alkyl halides is 1. The summed E-state index contributed by atoms with van der Waals surface area (Å²) in [7, 11) is 1.86. The Morgan fingerprint density at radius 1 is 1.07 bits per heavy atom. The fourth-order valence-corrected chi connectivity index (χ4v) is 5.55. The highest BCUT2D eigenvalue weighted by Crippen LogP contribution is 2.38. The first-order valence-electron chi connectivity index (χ1n) is 13.4. The molecule has 40 heavy (non-hydrogen) atoms. The number of halogens is 1. The SMILES string of the molecule is Cc1cc2nc(C(=O)C[C@@H]3CN(C(=O)OC(C)(C)C)C[C@@H]3F)cc(-c3ccnn3C)c2c(C)c1-c1ccncc1. The predicted octanol–water partition coefficient (Wildman–Crippen LogP) is 6.09. The van der Waals surface area contributed by atoms with Crippen molar-refractivity contribution in [3.8, 4) is 22.4 Å². The lowest BCUT2D eigenvalue weighted by molar-refractivity contribution is 0.0280. The minimum atomic E-state index is -1.32. The zero-order chi connectivity index (χ0) is 28.8. The molecule has 1 amide bonds. The van der Waals surface area contributed by atoms with Gasteiger partial charge in [0.25, 0.3) is 0 Å². The Morgan fingerprint density at radius 2 is 1.80 bits per heavy atom. The van der Waals surface area contributed by atoms with E-state index in [1.807, 2.05) is 38.2 Å². The number of likely N-dealkylation sites (tertiary alicyclic amines) is 1. The van der Waals surface area contributed by atoms with E-state index in [0.717, 1.165) is 38.9 Å². The van der Waals surface area contributed by atoms with Crippen molar-refractivity contribution in [2.75, 3.05) is 13.1 Å². The predicted molar refractivity (Wildman–Crippen MR) is 152 cm³/mol. The van der Waals surface area contributed by atoms with Crippen molar-refractivity contribution in [2.24, 2.45) is 13.0 Å². The van der Waals surface area contributed by atoms with E-state index in [2.05, 4.69) is 17.0 Å². The number of amides is 1. The van der Waals surface area contributed by atoms with Crippen LogP contribution in [0.15, 0.2) is 48.9 Å². The lowest BCUT2D eigenvalue weighted by Gasteiger charge is -2.24. The maximum Gasteiger partial charge on any atom is 0.410 e. The van der Waals surface area contributed by atoms with Crippen LogP contribution in [-0.2, 0) is 11.8 Å². The number of ketones is 1. The van der Waals surface area contributed by atoms with Crippen LogP contribution in [0.2, 0.25) is 0 Å². The van der Waals surface area contributed by atoms with Gasteiger partial charge in [0.2, 0.25) is 0 Å². The summed E-state index contributed by atoms with van der Waals surface area (Å²) in [6.45, 7) is 9.42. The van der Waals surface area contributed by atoms with Gasteiger partial charge in [-0.3, -0.25) is 14.5 Å². The van der Waals surface area contributed by atoms with Gasteiger partial charge >= 0.3 is 6.09 Å². The van der Waals surface area contributed by atoms with Crippen molar-refractivity contribution in [3.05, 3.63) is 65.7 Å². The van der Waals surface area contributed by atoms with Gasteiger partial charge in [-0.2, -0.15) is 5.10 Å². The second kappa shape index (κ2) is 10.4. The second-order valence-corrected chi connectivity index (χ2v) is 11.5. The van der Waals surface area contributed by atoms with Crippen LogP contribution in [0.25, 0.3) is 33.3 Å². The molecule has 0 radical (unpaired) electrons. The molecule has 4 aromatic rings. The Bertz CT molecular complexity index is 1590. The highest BCUT2D eigenvalue weighted by Gasteiger charge is 2.38. The van der Waals surface area contributed by atoms with Crippen molar-refractivity contribution in [1.29, 1.82) is 0 Å². The van der Waals surface area contributed by atoms with Gasteiger partial charge in [0.15, 0.2) is 5.78 Å². The number of aromatic nitrogens is 4. The van der Waals surface area contributed by atoms with Gasteiger partial charge in [0.05, 0.1) is 17.8 Å². The molecule has 1 aliphatic rings. The number of carbonyl (C=O) groups is 2. The standard InChI is InChI=1S/C31H34FN5O3/c1-18-13-25-29(19(2)28(18)20-7-10-33-11-8-20)22(26-9-12-34-36(26)6)15-24(35-25)27(38)14-21-16-37(17-23(21)32)30(39)40-31(3,4)5/h7-13,15,21,23H,14,16-17H2,1-6H3/t21-,23+/m1/s1. The van der Waals surface area contributed by atoms with E-state index in [9.17, 15) is 14.0 Å². The summed E-state index contributed by atoms with van der Waals surface area (Å²) >= 11 is 0. The van der Waals surface area contributed by atoms with E-state index < -0.39 is 23.8 Å². The number of carbonyl (C=O) groups excluding carboxylic acids is 2. The number of rotatable bonds is 5. The molecule has 0 N–H and O–H groups in total. The Labute approximate surface area is 233 Å². The molecule has 0 aliphatic carbocycles. The molecule has 1 fully saturated rings. The average Bonchev–Trinajstić information content (AvgIpc) is 3.48. The van der Waals surface area contributed by atoms with Crippen LogP contribution in [0.1, 0.15) is 48.8 Å². The second-order valence-electron chi connectivity index (χ2n) is 11.5. The number of nitrogens with zero attached hydrogens (tertiary/aromatic N) is 5. The third-order valence-corrected chi connectivity index (χ3v) is 7.36. The van der Waals surface area contributed by atoms with Gasteiger partial charge in [0, 0.05) is 55.5 Å². The Kier molecular flexibility index (Phi) is 7.16. The van der Waals surface area contributed by atoms with E-state index in [4.69, 9.17) is 9.72 Å². The fraction of sp³-hybridized carbons (Fsp3) is 0.387. The van der Waals surface area contributed by atoms with Gasteiger partial charge in [-0.15, -0.1) is 0 Å². The number of hydrogen-bond acceptors (Lipinski definition) is 6. The number of Topliss-reactive ketones (excluding diaryl/α,β-unsaturated/α-hetero) is 1. The quantitative estimate of drug-likeness (QED) is 0.283. The molecule has 0 bridgehead atoms. The van der Waals surface area contributed by atoms with Crippen molar-refractivity contribution < 1.29 is 18.7 Å². The van der Waals surface area contributed by atoms with Crippen molar-refractivity contribution in [1.82, 2.24) is 24.6 Å². The monoisotopic (exact) mass is 543 g/mol. The van der Waals surface area contributed by atoms with E-state index in [-0.39, 0.29) is 31.0 Å². The summed E-state index contributed by atoms with van der Waals surface area (Å²) in [5.74, 6) is -0.896. The molecular weight excluding hydrogens is 509 g/mol. The van der Waals surface area contributed by atoms with E-state index in [0.29, 0.717) is 5.52 Å². The molecule has 0 saturated carbocycles. The van der Waals surface area contributed by atoms with Gasteiger partial charge < -0.3 is 9.64 Å². The molecule has 5 rings (SSSR count). The van der Waals surface area contributed by atoms with Crippen molar-refractivity contribution >= 4 is 22.8 Å². The number of hydrogen-bond donors (Lipinski definition) is 0. The minimum Gasteiger partial charge on any atom is -0.444 e. The fourth-order valence-electron chi connectivity index (χ4n) is 5.55. The zero-order valence-corrected chi connectivity index (χ0v) is 23.7. The normalized spacial score (nSPS) is 17.4. The molecule has 1 saturated heterocycles. The average molecular weight is 544 g/mol. The zero-order valence-electron chi connectivity index (χ0n) is 23.7. The molecule has 9 heteroatoms. The topological polar surface area (TPSA) is 90.2 Å². The summed E-state index contributed by atoms with van der Waals surface area (Å²) < 4.78 is 22.2. The van der Waals surface area contributed by atoms with Gasteiger partial charge in [-0.25, -0.2) is 14.2 Å². The summed E-state index contributed by atoms with van der Waals surface area (Å²) in [6.07, 6.45) is 3.31. The third-order valence-electron chi connectivity index (χ3n) is 7.36. The molecule has 1 aliphatic heterocycles. The first kappa shape index (κ1) is 27.4. The Hall–Kier alpha value is -4.14. The molecule has 208 valence electrons. The van der Waals surface area contributed by atoms with Gasteiger partial charge in [0.1, 0.15) is 17.5 Å². The van der Waals surface area contributed by atoms with Crippen LogP contribution < -0.4 is 0 Å². The smallest absolute Gasteiger partial charge is 0.410 e. The highest BCUT2D eigenvalue weighted by atomic mass is 19.1. The van der Waals surface area contributed by atoms with E-state index >= 15 is 0 Å². The molecule has 1 aromatic carbocycles. The number of fused-ring (bicyclic) bond motifs is 1. The summed E-state index contributed by atoms with van der Waals surface area (Å²) in [5, 5.41) is 5.28. The van der Waals surface area contributed by atoms with Crippen molar-refractivity contribution in [3.63, 3.8) is 0 Å². The summed E-state index contributed by atoms with van der Waals surface area (Å²) in [5.41, 5.74) is 6.15. The molecule has 0 spiro atoms. The highest BCUT2D eigenvalue weighted by molar-refractivity contribution is 6.05. The van der Waals surface area contributed by atoms with E-state index in [1.54, 1.807) is 50.1 Å². The number of aryl methyl sites for hydroxylation is 3. The maximum absolute atomic E-state index is 15.0. The first-order valence-corrected chi connectivity index (χ1v) is 13.4. The lowest BCUT2D eigenvalue weighted by atomic mass is 9.89. The van der Waals surface area contributed by atoms with Gasteiger partial charge in [-0.05, 0) is 87.2 Å². The van der Waals surface area contributed by atoms with Crippen LogP contribution in [0, 0.1) is 19.8 Å². The van der Waals surface area contributed by atoms with Gasteiger partial charge in [-0.1, -0.05) is 0 Å².